The van der Waals surface area contributed by atoms with Gasteiger partial charge in [-0.3, -0.25) is 4.57 Å². The molecule has 1 fully saturated rings. The number of aromatic nitrogens is 4. The number of anilines is 1. The van der Waals surface area contributed by atoms with Gasteiger partial charge in [0, 0.05) is 12.5 Å². The molecule has 0 radical (unpaired) electrons. The smallest absolute Gasteiger partial charge is 0.407 e. The van der Waals surface area contributed by atoms with Crippen LogP contribution in [-0.2, 0) is 9.47 Å². The third kappa shape index (κ3) is 3.36. The number of carbonyl (C=O) groups excluding carboxylic acids is 1. The molecular formula is C16H19FN6O4. The average Bonchev–Trinajstić information content (AvgIpc) is 3.16. The van der Waals surface area contributed by atoms with E-state index in [1.807, 2.05) is 0 Å². The summed E-state index contributed by atoms with van der Waals surface area (Å²) in [7, 11) is 0. The van der Waals surface area contributed by atoms with Crippen LogP contribution in [0.15, 0.2) is 6.33 Å². The van der Waals surface area contributed by atoms with Crippen molar-refractivity contribution in [3.05, 3.63) is 12.4 Å². The minimum absolute atomic E-state index is 0.0905. The first-order valence-electron chi connectivity index (χ1n) is 8.18. The van der Waals surface area contributed by atoms with Crippen molar-refractivity contribution in [2.75, 3.05) is 12.3 Å². The van der Waals surface area contributed by atoms with Crippen LogP contribution in [0.1, 0.15) is 26.5 Å². The van der Waals surface area contributed by atoms with Crippen LogP contribution in [0.2, 0.25) is 0 Å². The zero-order valence-corrected chi connectivity index (χ0v) is 14.7. The van der Waals surface area contributed by atoms with Gasteiger partial charge in [-0.05, 0) is 13.8 Å². The number of imidazole rings is 1. The summed E-state index contributed by atoms with van der Waals surface area (Å²) in [4.78, 5) is 23.2. The maximum Gasteiger partial charge on any atom is 0.407 e. The molecule has 1 aliphatic rings. The number of carbonyl (C=O) groups is 1. The number of hydrogen-bond donors (Lipinski definition) is 3. The van der Waals surface area contributed by atoms with Crippen molar-refractivity contribution >= 4 is 23.1 Å². The molecule has 4 N–H and O–H groups in total. The average molecular weight is 378 g/mol. The topological polar surface area (TPSA) is 137 Å². The minimum atomic E-state index is -1.56. The van der Waals surface area contributed by atoms with Gasteiger partial charge < -0.3 is 25.6 Å². The highest BCUT2D eigenvalue weighted by molar-refractivity contribution is 5.81. The lowest BCUT2D eigenvalue weighted by atomic mass is 9.98. The van der Waals surface area contributed by atoms with Gasteiger partial charge in [0.05, 0.1) is 12.9 Å². The van der Waals surface area contributed by atoms with E-state index in [1.165, 1.54) is 10.9 Å². The molecule has 11 heteroatoms. The predicted molar refractivity (Wildman–Crippen MR) is 91.6 cm³/mol. The normalized spacial score (nSPS) is 24.9. The molecule has 0 saturated carbocycles. The summed E-state index contributed by atoms with van der Waals surface area (Å²) in [6, 6.07) is -0.148. The van der Waals surface area contributed by atoms with Gasteiger partial charge in [0.15, 0.2) is 28.7 Å². The summed E-state index contributed by atoms with van der Waals surface area (Å²) in [5, 5.41) is 12.4. The van der Waals surface area contributed by atoms with Gasteiger partial charge in [-0.15, -0.1) is 6.42 Å². The minimum Gasteiger partial charge on any atom is -0.442 e. The zero-order chi connectivity index (χ0) is 19.8. The highest BCUT2D eigenvalue weighted by Crippen LogP contribution is 2.39. The summed E-state index contributed by atoms with van der Waals surface area (Å²) in [5.41, 5.74) is 4.38. The Hall–Kier alpha value is -2.97. The molecule has 27 heavy (non-hydrogen) atoms. The van der Waals surface area contributed by atoms with Crippen molar-refractivity contribution in [1.82, 2.24) is 24.8 Å². The van der Waals surface area contributed by atoms with E-state index in [2.05, 4.69) is 26.2 Å². The largest absolute Gasteiger partial charge is 0.442 e. The van der Waals surface area contributed by atoms with Gasteiger partial charge in [0.2, 0.25) is 0 Å². The molecule has 0 aromatic carbocycles. The number of fused-ring (bicyclic) bond motifs is 1. The quantitative estimate of drug-likeness (QED) is 0.511. The number of amides is 1. The highest BCUT2D eigenvalue weighted by atomic mass is 19.1. The molecule has 10 nitrogen and oxygen atoms in total. The third-order valence-corrected chi connectivity index (χ3v) is 4.15. The first-order chi connectivity index (χ1) is 12.8. The van der Waals surface area contributed by atoms with Crippen molar-refractivity contribution in [1.29, 1.82) is 0 Å². The standard InChI is InChI=1S/C16H19FN6O4/c1-4-16(6-24)9(26-15(25)20-8(2)3)5-10(27-16)23-7-19-11-12(18)21-14(17)22-13(11)23/h1,7-10,24H,5-6H2,2-3H3,(H,20,25)(H2,18,21,22)/t9-,10+,16+/m0/s1. The number of nitrogen functional groups attached to an aromatic ring is 1. The molecule has 0 unspecified atom stereocenters. The molecule has 3 heterocycles. The molecule has 0 aliphatic carbocycles. The Labute approximate surface area is 153 Å². The Morgan fingerprint density at radius 2 is 2.41 bits per heavy atom. The fourth-order valence-electron chi connectivity index (χ4n) is 2.89. The number of rotatable bonds is 4. The lowest BCUT2D eigenvalue weighted by Gasteiger charge is -2.27. The van der Waals surface area contributed by atoms with Crippen molar-refractivity contribution in [3.8, 4) is 12.3 Å². The summed E-state index contributed by atoms with van der Waals surface area (Å²) in [6.45, 7) is 2.95. The predicted octanol–water partition coefficient (Wildman–Crippen LogP) is 0.334. The van der Waals surface area contributed by atoms with Crippen molar-refractivity contribution < 1.29 is 23.8 Å². The molecule has 1 aliphatic heterocycles. The molecule has 1 amide bonds. The number of ether oxygens (including phenoxy) is 2. The molecule has 0 spiro atoms. The fourth-order valence-corrected chi connectivity index (χ4v) is 2.89. The SMILES string of the molecule is C#C[C@]1(CO)O[C@@H](n2cnc3c(N)nc(F)nc32)C[C@@H]1OC(=O)NC(C)C. The second kappa shape index (κ2) is 6.98. The highest BCUT2D eigenvalue weighted by Gasteiger charge is 2.51. The second-order valence-corrected chi connectivity index (χ2v) is 6.40. The lowest BCUT2D eigenvalue weighted by molar-refractivity contribution is -0.0909. The van der Waals surface area contributed by atoms with Crippen LogP contribution in [0, 0.1) is 18.4 Å². The zero-order valence-electron chi connectivity index (χ0n) is 14.7. The van der Waals surface area contributed by atoms with Gasteiger partial charge in [-0.25, -0.2) is 9.78 Å². The van der Waals surface area contributed by atoms with E-state index >= 15 is 0 Å². The van der Waals surface area contributed by atoms with Crippen LogP contribution in [0.4, 0.5) is 15.0 Å². The maximum atomic E-state index is 13.6. The number of aliphatic hydroxyl groups excluding tert-OH is 1. The number of alkyl carbamates (subject to hydrolysis) is 1. The Morgan fingerprint density at radius 3 is 3.04 bits per heavy atom. The van der Waals surface area contributed by atoms with Crippen LogP contribution in [0.5, 0.6) is 0 Å². The fraction of sp³-hybridized carbons (Fsp3) is 0.500. The molecule has 2 aromatic rings. The van der Waals surface area contributed by atoms with Gasteiger partial charge in [0.1, 0.15) is 6.23 Å². The number of nitrogens with two attached hydrogens (primary N) is 1. The van der Waals surface area contributed by atoms with Gasteiger partial charge in [0.25, 0.3) is 0 Å². The van der Waals surface area contributed by atoms with Gasteiger partial charge in [-0.2, -0.15) is 14.4 Å². The Bertz CT molecular complexity index is 910. The van der Waals surface area contributed by atoms with E-state index in [1.54, 1.807) is 13.8 Å². The van der Waals surface area contributed by atoms with E-state index in [0.717, 1.165) is 0 Å². The molecule has 2 aromatic heterocycles. The van der Waals surface area contributed by atoms with Crippen molar-refractivity contribution in [2.24, 2.45) is 0 Å². The second-order valence-electron chi connectivity index (χ2n) is 6.40. The summed E-state index contributed by atoms with van der Waals surface area (Å²) < 4.78 is 26.1. The van der Waals surface area contributed by atoms with Crippen LogP contribution in [0.3, 0.4) is 0 Å². The number of nitrogens with one attached hydrogen (secondary N) is 1. The molecule has 144 valence electrons. The van der Waals surface area contributed by atoms with E-state index in [9.17, 15) is 14.3 Å². The van der Waals surface area contributed by atoms with Crippen LogP contribution >= 0.6 is 0 Å². The van der Waals surface area contributed by atoms with Crippen LogP contribution in [0.25, 0.3) is 11.2 Å². The first-order valence-corrected chi connectivity index (χ1v) is 8.18. The van der Waals surface area contributed by atoms with Gasteiger partial charge in [-0.1, -0.05) is 5.92 Å². The molecule has 3 atom stereocenters. The number of terminal acetylenes is 1. The van der Waals surface area contributed by atoms with E-state index in [4.69, 9.17) is 21.6 Å². The van der Waals surface area contributed by atoms with Crippen molar-refractivity contribution in [2.45, 2.75) is 44.2 Å². The molecule has 1 saturated heterocycles. The Balaban J connectivity index is 1.93. The monoisotopic (exact) mass is 378 g/mol. The number of aliphatic hydroxyl groups is 1. The number of hydrogen-bond acceptors (Lipinski definition) is 8. The third-order valence-electron chi connectivity index (χ3n) is 4.15. The summed E-state index contributed by atoms with van der Waals surface area (Å²) in [5.74, 6) is 2.23. The summed E-state index contributed by atoms with van der Waals surface area (Å²) >= 11 is 0. The Kier molecular flexibility index (Phi) is 4.86. The molecular weight excluding hydrogens is 359 g/mol. The van der Waals surface area contributed by atoms with Crippen LogP contribution < -0.4 is 11.1 Å². The number of nitrogens with zero attached hydrogens (tertiary/aromatic N) is 4. The van der Waals surface area contributed by atoms with E-state index < -0.39 is 36.7 Å². The van der Waals surface area contributed by atoms with E-state index in [-0.39, 0.29) is 29.4 Å². The lowest BCUT2D eigenvalue weighted by Crippen LogP contribution is -2.46. The summed E-state index contributed by atoms with van der Waals surface area (Å²) in [6.07, 6.45) is 3.50. The first kappa shape index (κ1) is 18.8. The Morgan fingerprint density at radius 1 is 1.67 bits per heavy atom. The van der Waals surface area contributed by atoms with Crippen molar-refractivity contribution in [3.63, 3.8) is 0 Å². The molecule has 3 rings (SSSR count). The van der Waals surface area contributed by atoms with Crippen LogP contribution in [-0.4, -0.2) is 55.1 Å². The van der Waals surface area contributed by atoms with E-state index in [0.29, 0.717) is 0 Å². The van der Waals surface area contributed by atoms with Gasteiger partial charge >= 0.3 is 12.2 Å². The number of halogens is 1. The molecule has 0 bridgehead atoms. The maximum absolute atomic E-state index is 13.6.